The van der Waals surface area contributed by atoms with Gasteiger partial charge in [-0.2, -0.15) is 5.10 Å². The largest absolute Gasteiger partial charge is 0.339 e. The number of hydrogen-bond acceptors (Lipinski definition) is 8. The first kappa shape index (κ1) is 18.6. The second kappa shape index (κ2) is 6.68. The molecule has 158 valence electrons. The molecule has 4 aromatic heterocycles. The van der Waals surface area contributed by atoms with Crippen molar-refractivity contribution in [3.63, 3.8) is 0 Å². The fourth-order valence-corrected chi connectivity index (χ4v) is 5.80. The number of nitrogens with one attached hydrogen (secondary N) is 1. The third-order valence-electron chi connectivity index (χ3n) is 6.80. The minimum Gasteiger partial charge on any atom is -0.339 e. The lowest BCUT2D eigenvalue weighted by Crippen LogP contribution is -2.50. The van der Waals surface area contributed by atoms with Crippen LogP contribution in [0.3, 0.4) is 0 Å². The molecule has 2 atom stereocenters. The van der Waals surface area contributed by atoms with Crippen LogP contribution in [0.4, 0.5) is 5.82 Å². The van der Waals surface area contributed by atoms with Crippen molar-refractivity contribution in [2.75, 3.05) is 4.90 Å². The van der Waals surface area contributed by atoms with Crippen molar-refractivity contribution in [3.05, 3.63) is 34.9 Å². The first-order valence-corrected chi connectivity index (χ1v) is 11.6. The van der Waals surface area contributed by atoms with Crippen LogP contribution >= 0.6 is 11.3 Å². The minimum absolute atomic E-state index is 0.186. The van der Waals surface area contributed by atoms with E-state index in [1.807, 2.05) is 24.0 Å². The zero-order chi connectivity index (χ0) is 21.2. The molecule has 0 unspecified atom stereocenters. The highest BCUT2D eigenvalue weighted by Gasteiger charge is 2.53. The van der Waals surface area contributed by atoms with E-state index >= 15 is 0 Å². The Labute approximate surface area is 183 Å². The molecule has 6 heterocycles. The molecule has 0 aromatic carbocycles. The fourth-order valence-electron chi connectivity index (χ4n) is 5.26. The number of H-pyrrole nitrogens is 1. The molecule has 1 N–H and O–H groups in total. The summed E-state index contributed by atoms with van der Waals surface area (Å²) in [6, 6.07) is 0.412. The monoisotopic (exact) mass is 433 g/mol. The van der Waals surface area contributed by atoms with Crippen molar-refractivity contribution in [1.29, 1.82) is 0 Å². The molecule has 2 aliphatic heterocycles. The summed E-state index contributed by atoms with van der Waals surface area (Å²) >= 11 is 1.55. The molecule has 1 fully saturated rings. The highest BCUT2D eigenvalue weighted by atomic mass is 32.1. The van der Waals surface area contributed by atoms with Crippen molar-refractivity contribution in [1.82, 2.24) is 39.9 Å². The SMILES string of the molecule is CC[C@@H]1CC[C@@]2(CC)c3nnc(C)n3-c3cnc(-c4cn[nH]c4-c4cscn4)nc3N12. The summed E-state index contributed by atoms with van der Waals surface area (Å²) < 4.78 is 2.15. The van der Waals surface area contributed by atoms with Crippen molar-refractivity contribution < 1.29 is 0 Å². The summed E-state index contributed by atoms with van der Waals surface area (Å²) in [6.07, 6.45) is 7.86. The Balaban J connectivity index is 1.58. The highest BCUT2D eigenvalue weighted by molar-refractivity contribution is 7.07. The molecule has 4 aromatic rings. The Bertz CT molecular complexity index is 1260. The van der Waals surface area contributed by atoms with Gasteiger partial charge in [-0.1, -0.05) is 13.8 Å². The van der Waals surface area contributed by atoms with E-state index in [0.29, 0.717) is 11.9 Å². The molecule has 10 heteroatoms. The first-order chi connectivity index (χ1) is 15.2. The van der Waals surface area contributed by atoms with Crippen LogP contribution in [0.2, 0.25) is 0 Å². The minimum atomic E-state index is -0.186. The predicted octanol–water partition coefficient (Wildman–Crippen LogP) is 3.88. The summed E-state index contributed by atoms with van der Waals surface area (Å²) in [5.74, 6) is 3.48. The van der Waals surface area contributed by atoms with Gasteiger partial charge in [-0.05, 0) is 32.6 Å². The standard InChI is InChI=1S/C21H23N9S/c1-4-13-6-7-21(5-2)20-28-26-12(3)29(20)16-9-22-18(25-19(16)30(13)21)14-8-24-27-17(14)15-10-31-11-23-15/h8-11,13H,4-7H2,1-3H3,(H,24,27)/t13-,21+/m1/s1. The van der Waals surface area contributed by atoms with E-state index in [-0.39, 0.29) is 5.54 Å². The summed E-state index contributed by atoms with van der Waals surface area (Å²) in [6.45, 7) is 6.48. The van der Waals surface area contributed by atoms with E-state index in [0.717, 1.165) is 65.8 Å². The summed E-state index contributed by atoms with van der Waals surface area (Å²) in [5.41, 5.74) is 5.13. The number of aromatic nitrogens is 8. The first-order valence-electron chi connectivity index (χ1n) is 10.7. The Morgan fingerprint density at radius 1 is 1.23 bits per heavy atom. The van der Waals surface area contributed by atoms with E-state index in [4.69, 9.17) is 9.97 Å². The Hall–Kier alpha value is -3.14. The lowest BCUT2D eigenvalue weighted by Gasteiger charge is -2.45. The maximum Gasteiger partial charge on any atom is 0.165 e. The summed E-state index contributed by atoms with van der Waals surface area (Å²) in [5, 5.41) is 18.4. The van der Waals surface area contributed by atoms with Crippen LogP contribution in [0.15, 0.2) is 23.3 Å². The normalized spacial score (nSPS) is 21.8. The van der Waals surface area contributed by atoms with Crippen molar-refractivity contribution in [3.8, 4) is 28.5 Å². The lowest BCUT2D eigenvalue weighted by atomic mass is 9.90. The average Bonchev–Trinajstić information content (AvgIpc) is 3.58. The quantitative estimate of drug-likeness (QED) is 0.521. The van der Waals surface area contributed by atoms with Crippen LogP contribution in [0, 0.1) is 6.92 Å². The van der Waals surface area contributed by atoms with Gasteiger partial charge in [0.1, 0.15) is 17.1 Å². The van der Waals surface area contributed by atoms with Gasteiger partial charge in [-0.25, -0.2) is 15.0 Å². The van der Waals surface area contributed by atoms with Gasteiger partial charge in [0.2, 0.25) is 0 Å². The van der Waals surface area contributed by atoms with E-state index in [1.54, 1.807) is 17.5 Å². The number of aryl methyl sites for hydroxylation is 1. The number of anilines is 1. The molecular formula is C21H23N9S. The third kappa shape index (κ3) is 2.42. The maximum absolute atomic E-state index is 5.13. The van der Waals surface area contributed by atoms with Crippen LogP contribution in [-0.4, -0.2) is 46.0 Å². The van der Waals surface area contributed by atoms with Crippen LogP contribution in [0.5, 0.6) is 0 Å². The van der Waals surface area contributed by atoms with E-state index in [1.165, 1.54) is 0 Å². The van der Waals surface area contributed by atoms with Gasteiger partial charge in [0.15, 0.2) is 17.5 Å². The molecule has 0 radical (unpaired) electrons. The number of thiazole rings is 1. The third-order valence-corrected chi connectivity index (χ3v) is 7.39. The molecule has 2 aliphatic rings. The van der Waals surface area contributed by atoms with E-state index < -0.39 is 0 Å². The molecule has 9 nitrogen and oxygen atoms in total. The molecule has 0 aliphatic carbocycles. The van der Waals surface area contributed by atoms with Crippen molar-refractivity contribution >= 4 is 17.2 Å². The second-order valence-corrected chi connectivity index (χ2v) is 8.92. The number of nitrogens with zero attached hydrogens (tertiary/aromatic N) is 8. The Morgan fingerprint density at radius 3 is 2.90 bits per heavy atom. The highest BCUT2D eigenvalue weighted by Crippen LogP contribution is 2.52. The molecular weight excluding hydrogens is 410 g/mol. The van der Waals surface area contributed by atoms with Crippen molar-refractivity contribution in [2.45, 2.75) is 58.0 Å². The molecule has 0 bridgehead atoms. The molecule has 0 spiro atoms. The molecule has 0 amide bonds. The molecule has 31 heavy (non-hydrogen) atoms. The predicted molar refractivity (Wildman–Crippen MR) is 118 cm³/mol. The topological polar surface area (TPSA) is 101 Å². The number of fused-ring (bicyclic) bond motifs is 6. The summed E-state index contributed by atoms with van der Waals surface area (Å²) in [4.78, 5) is 16.8. The van der Waals surface area contributed by atoms with Gasteiger partial charge >= 0.3 is 0 Å². The van der Waals surface area contributed by atoms with Gasteiger partial charge in [0.25, 0.3) is 0 Å². The Morgan fingerprint density at radius 2 is 2.13 bits per heavy atom. The number of rotatable bonds is 4. The maximum atomic E-state index is 5.13. The van der Waals surface area contributed by atoms with Crippen LogP contribution < -0.4 is 4.90 Å². The van der Waals surface area contributed by atoms with Gasteiger partial charge in [0.05, 0.1) is 34.9 Å². The van der Waals surface area contributed by atoms with Crippen molar-refractivity contribution in [2.24, 2.45) is 0 Å². The number of hydrogen-bond donors (Lipinski definition) is 1. The number of aromatic amines is 1. The zero-order valence-corrected chi connectivity index (χ0v) is 18.5. The average molecular weight is 434 g/mol. The van der Waals surface area contributed by atoms with Crippen LogP contribution in [-0.2, 0) is 5.54 Å². The van der Waals surface area contributed by atoms with Gasteiger partial charge in [0, 0.05) is 11.4 Å². The summed E-state index contributed by atoms with van der Waals surface area (Å²) in [7, 11) is 0. The molecule has 0 saturated carbocycles. The molecule has 1 saturated heterocycles. The second-order valence-electron chi connectivity index (χ2n) is 8.20. The van der Waals surface area contributed by atoms with Gasteiger partial charge in [-0.15, -0.1) is 21.5 Å². The zero-order valence-electron chi connectivity index (χ0n) is 17.7. The van der Waals surface area contributed by atoms with Gasteiger partial charge < -0.3 is 4.90 Å². The Kier molecular flexibility index (Phi) is 4.01. The van der Waals surface area contributed by atoms with Crippen LogP contribution in [0.1, 0.15) is 51.2 Å². The fraction of sp³-hybridized carbons (Fsp3) is 0.429. The lowest BCUT2D eigenvalue weighted by molar-refractivity contribution is 0.370. The molecule has 6 rings (SSSR count). The van der Waals surface area contributed by atoms with Crippen LogP contribution in [0.25, 0.3) is 28.5 Å². The van der Waals surface area contributed by atoms with E-state index in [9.17, 15) is 0 Å². The smallest absolute Gasteiger partial charge is 0.165 e. The van der Waals surface area contributed by atoms with E-state index in [2.05, 4.69) is 48.7 Å². The van der Waals surface area contributed by atoms with Gasteiger partial charge in [-0.3, -0.25) is 9.67 Å².